The third-order valence-corrected chi connectivity index (χ3v) is 5.67. The number of carbonyl (C=O) groups excluding carboxylic acids is 1. The highest BCUT2D eigenvalue weighted by Gasteiger charge is 2.44. The smallest absolute Gasteiger partial charge is 0.223 e. The van der Waals surface area contributed by atoms with Gasteiger partial charge >= 0.3 is 0 Å². The molecular weight excluding hydrogens is 268 g/mol. The van der Waals surface area contributed by atoms with Gasteiger partial charge in [-0.3, -0.25) is 4.79 Å². The zero-order chi connectivity index (χ0) is 13.8. The highest BCUT2D eigenvalue weighted by atomic mass is 32.2. The van der Waals surface area contributed by atoms with Gasteiger partial charge in [-0.2, -0.15) is 0 Å². The van der Waals surface area contributed by atoms with E-state index >= 15 is 0 Å². The lowest BCUT2D eigenvalue weighted by Crippen LogP contribution is -2.40. The van der Waals surface area contributed by atoms with Crippen molar-refractivity contribution in [3.8, 4) is 0 Å². The Kier molecular flexibility index (Phi) is 4.32. The maximum Gasteiger partial charge on any atom is 0.223 e. The fourth-order valence-corrected chi connectivity index (χ4v) is 3.91. The summed E-state index contributed by atoms with van der Waals surface area (Å²) < 4.78 is 0.254. The van der Waals surface area contributed by atoms with E-state index in [0.717, 1.165) is 32.5 Å². The number of amides is 1. The van der Waals surface area contributed by atoms with E-state index in [1.807, 2.05) is 17.8 Å². The van der Waals surface area contributed by atoms with E-state index in [4.69, 9.17) is 0 Å². The van der Waals surface area contributed by atoms with Gasteiger partial charge in [0, 0.05) is 22.1 Å². The summed E-state index contributed by atoms with van der Waals surface area (Å²) in [5.41, 5.74) is 0. The summed E-state index contributed by atoms with van der Waals surface area (Å²) in [6, 6.07) is 10.5. The number of hydrogen-bond donors (Lipinski definition) is 2. The Morgan fingerprint density at radius 3 is 2.60 bits per heavy atom. The van der Waals surface area contributed by atoms with Gasteiger partial charge in [0.05, 0.1) is 0 Å². The van der Waals surface area contributed by atoms with Crippen molar-refractivity contribution in [3.63, 3.8) is 0 Å². The lowest BCUT2D eigenvalue weighted by molar-refractivity contribution is -0.125. The molecule has 1 aliphatic heterocycles. The van der Waals surface area contributed by atoms with E-state index in [-0.39, 0.29) is 16.6 Å². The van der Waals surface area contributed by atoms with Crippen LogP contribution in [0.15, 0.2) is 35.2 Å². The number of carbonyl (C=O) groups is 1. The minimum atomic E-state index is 0.216. The molecule has 3 nitrogen and oxygen atoms in total. The Labute approximate surface area is 124 Å². The molecule has 4 heteroatoms. The third kappa shape index (κ3) is 3.55. The molecule has 2 fully saturated rings. The second kappa shape index (κ2) is 6.19. The van der Waals surface area contributed by atoms with Crippen LogP contribution in [0.2, 0.25) is 0 Å². The Hall–Kier alpha value is -1.00. The molecular formula is C16H22N2OS. The van der Waals surface area contributed by atoms with Crippen molar-refractivity contribution in [3.05, 3.63) is 30.3 Å². The van der Waals surface area contributed by atoms with Crippen LogP contribution in [0.25, 0.3) is 0 Å². The summed E-state index contributed by atoms with van der Waals surface area (Å²) in [4.78, 5) is 13.5. The fraction of sp³-hybridized carbons (Fsp3) is 0.562. The van der Waals surface area contributed by atoms with E-state index < -0.39 is 0 Å². The van der Waals surface area contributed by atoms with Crippen molar-refractivity contribution < 1.29 is 4.79 Å². The van der Waals surface area contributed by atoms with E-state index in [2.05, 4.69) is 34.9 Å². The number of piperidine rings is 1. The average molecular weight is 290 g/mol. The molecule has 0 bridgehead atoms. The van der Waals surface area contributed by atoms with Gasteiger partial charge in [-0.1, -0.05) is 18.2 Å². The highest BCUT2D eigenvalue weighted by Crippen LogP contribution is 2.51. The summed E-state index contributed by atoms with van der Waals surface area (Å²) in [5, 5.41) is 6.49. The molecule has 3 rings (SSSR count). The van der Waals surface area contributed by atoms with Crippen molar-refractivity contribution in [1.29, 1.82) is 0 Å². The van der Waals surface area contributed by atoms with Gasteiger partial charge in [0.15, 0.2) is 0 Å². The molecule has 1 aromatic carbocycles. The molecule has 0 unspecified atom stereocenters. The number of benzene rings is 1. The maximum atomic E-state index is 12.2. The molecule has 20 heavy (non-hydrogen) atoms. The predicted molar refractivity (Wildman–Crippen MR) is 82.9 cm³/mol. The first-order chi connectivity index (χ1) is 9.77. The summed E-state index contributed by atoms with van der Waals surface area (Å²) in [7, 11) is 0. The molecule has 2 N–H and O–H groups in total. The standard InChI is InChI=1S/C16H22N2OS/c19-15(13-6-10-17-11-7-13)18-12-16(8-9-16)20-14-4-2-1-3-5-14/h1-5,13,17H,6-12H2,(H,18,19). The van der Waals surface area contributed by atoms with Crippen molar-refractivity contribution in [2.24, 2.45) is 5.92 Å². The summed E-state index contributed by atoms with van der Waals surface area (Å²) in [6.07, 6.45) is 4.37. The van der Waals surface area contributed by atoms with Gasteiger partial charge in [-0.05, 0) is 50.9 Å². The van der Waals surface area contributed by atoms with Crippen LogP contribution in [0, 0.1) is 5.92 Å². The van der Waals surface area contributed by atoms with Gasteiger partial charge in [-0.25, -0.2) is 0 Å². The van der Waals surface area contributed by atoms with Crippen LogP contribution >= 0.6 is 11.8 Å². The van der Waals surface area contributed by atoms with Crippen molar-refractivity contribution in [1.82, 2.24) is 10.6 Å². The largest absolute Gasteiger partial charge is 0.354 e. The van der Waals surface area contributed by atoms with Crippen LogP contribution in [0.4, 0.5) is 0 Å². The first-order valence-electron chi connectivity index (χ1n) is 7.50. The van der Waals surface area contributed by atoms with Crippen LogP contribution in [0.5, 0.6) is 0 Å². The maximum absolute atomic E-state index is 12.2. The van der Waals surface area contributed by atoms with E-state index in [0.29, 0.717) is 0 Å². The molecule has 2 aliphatic rings. The normalized spacial score (nSPS) is 21.4. The topological polar surface area (TPSA) is 41.1 Å². The third-order valence-electron chi connectivity index (χ3n) is 4.18. The minimum Gasteiger partial charge on any atom is -0.354 e. The summed E-state index contributed by atoms with van der Waals surface area (Å²) >= 11 is 1.92. The lowest BCUT2D eigenvalue weighted by atomic mass is 9.97. The second-order valence-electron chi connectivity index (χ2n) is 5.84. The van der Waals surface area contributed by atoms with Gasteiger partial charge in [0.1, 0.15) is 0 Å². The molecule has 1 amide bonds. The molecule has 1 heterocycles. The Balaban J connectivity index is 1.49. The first-order valence-corrected chi connectivity index (χ1v) is 8.32. The zero-order valence-corrected chi connectivity index (χ0v) is 12.5. The lowest BCUT2D eigenvalue weighted by Gasteiger charge is -2.23. The zero-order valence-electron chi connectivity index (χ0n) is 11.7. The van der Waals surface area contributed by atoms with Crippen LogP contribution < -0.4 is 10.6 Å². The van der Waals surface area contributed by atoms with Crippen molar-refractivity contribution in [2.75, 3.05) is 19.6 Å². The van der Waals surface area contributed by atoms with E-state index in [1.165, 1.54) is 17.7 Å². The molecule has 0 spiro atoms. The Morgan fingerprint density at radius 1 is 1.25 bits per heavy atom. The predicted octanol–water partition coefficient (Wildman–Crippen LogP) is 2.43. The Morgan fingerprint density at radius 2 is 1.95 bits per heavy atom. The Bertz CT molecular complexity index is 453. The quantitative estimate of drug-likeness (QED) is 0.875. The minimum absolute atomic E-state index is 0.216. The van der Waals surface area contributed by atoms with Crippen LogP contribution in [0.3, 0.4) is 0 Å². The number of thioether (sulfide) groups is 1. The molecule has 1 saturated carbocycles. The molecule has 0 radical (unpaired) electrons. The molecule has 0 atom stereocenters. The molecule has 1 saturated heterocycles. The van der Waals surface area contributed by atoms with Gasteiger partial charge in [-0.15, -0.1) is 11.8 Å². The molecule has 0 aromatic heterocycles. The molecule has 1 aliphatic carbocycles. The summed E-state index contributed by atoms with van der Waals surface area (Å²) in [5.74, 6) is 0.472. The second-order valence-corrected chi connectivity index (χ2v) is 7.38. The van der Waals surface area contributed by atoms with E-state index in [9.17, 15) is 4.79 Å². The van der Waals surface area contributed by atoms with Gasteiger partial charge in [0.2, 0.25) is 5.91 Å². The first kappa shape index (κ1) is 14.0. The van der Waals surface area contributed by atoms with Crippen LogP contribution in [0.1, 0.15) is 25.7 Å². The van der Waals surface area contributed by atoms with Crippen LogP contribution in [-0.2, 0) is 4.79 Å². The SMILES string of the molecule is O=C(NCC1(Sc2ccccc2)CC1)C1CCNCC1. The van der Waals surface area contributed by atoms with Crippen molar-refractivity contribution >= 4 is 17.7 Å². The van der Waals surface area contributed by atoms with Crippen LogP contribution in [-0.4, -0.2) is 30.3 Å². The highest BCUT2D eigenvalue weighted by molar-refractivity contribution is 8.01. The number of rotatable bonds is 5. The van der Waals surface area contributed by atoms with Crippen molar-refractivity contribution in [2.45, 2.75) is 35.3 Å². The summed E-state index contributed by atoms with van der Waals surface area (Å²) in [6.45, 7) is 2.76. The fourth-order valence-electron chi connectivity index (χ4n) is 2.67. The molecule has 108 valence electrons. The number of nitrogens with one attached hydrogen (secondary N) is 2. The van der Waals surface area contributed by atoms with Gasteiger partial charge in [0.25, 0.3) is 0 Å². The monoisotopic (exact) mass is 290 g/mol. The average Bonchev–Trinajstić information content (AvgIpc) is 3.27. The van der Waals surface area contributed by atoms with Gasteiger partial charge < -0.3 is 10.6 Å². The van der Waals surface area contributed by atoms with E-state index in [1.54, 1.807) is 0 Å². The number of hydrogen-bond acceptors (Lipinski definition) is 3. The molecule has 1 aromatic rings.